The van der Waals surface area contributed by atoms with Crippen LogP contribution in [0, 0.1) is 6.92 Å². The van der Waals surface area contributed by atoms with Crippen LogP contribution in [0.25, 0.3) is 11.3 Å². The SMILES string of the molecule is Cc1ccc(-c2csc(N(CC(=O)N[C@H](C)c3ccccc3)c3ccccc3Cl)n2)cc1. The van der Waals surface area contributed by atoms with Crippen molar-refractivity contribution in [1.82, 2.24) is 10.3 Å². The molecule has 162 valence electrons. The zero-order valence-electron chi connectivity index (χ0n) is 18.0. The summed E-state index contributed by atoms with van der Waals surface area (Å²) in [6.45, 7) is 4.15. The number of rotatable bonds is 7. The van der Waals surface area contributed by atoms with Crippen LogP contribution in [0.15, 0.2) is 84.2 Å². The normalized spacial score (nSPS) is 11.7. The molecule has 4 rings (SSSR count). The maximum Gasteiger partial charge on any atom is 0.240 e. The van der Waals surface area contributed by atoms with E-state index in [2.05, 4.69) is 36.5 Å². The van der Waals surface area contributed by atoms with E-state index in [1.807, 2.05) is 71.8 Å². The van der Waals surface area contributed by atoms with Crippen molar-refractivity contribution in [2.24, 2.45) is 0 Å². The minimum Gasteiger partial charge on any atom is -0.348 e. The molecule has 0 spiro atoms. The van der Waals surface area contributed by atoms with Crippen LogP contribution in [-0.4, -0.2) is 17.4 Å². The van der Waals surface area contributed by atoms with Gasteiger partial charge in [-0.25, -0.2) is 4.98 Å². The lowest BCUT2D eigenvalue weighted by molar-refractivity contribution is -0.120. The molecule has 1 N–H and O–H groups in total. The number of benzene rings is 3. The summed E-state index contributed by atoms with van der Waals surface area (Å²) >= 11 is 7.99. The number of anilines is 2. The van der Waals surface area contributed by atoms with Crippen LogP contribution >= 0.6 is 22.9 Å². The average Bonchev–Trinajstić information content (AvgIpc) is 3.29. The summed E-state index contributed by atoms with van der Waals surface area (Å²) in [5.74, 6) is -0.103. The summed E-state index contributed by atoms with van der Waals surface area (Å²) in [6, 6.07) is 25.6. The van der Waals surface area contributed by atoms with Gasteiger partial charge in [-0.3, -0.25) is 4.79 Å². The van der Waals surface area contributed by atoms with E-state index in [9.17, 15) is 4.79 Å². The first-order valence-electron chi connectivity index (χ1n) is 10.4. The molecule has 0 saturated carbocycles. The monoisotopic (exact) mass is 461 g/mol. The number of para-hydroxylation sites is 1. The Bertz CT molecular complexity index is 1190. The van der Waals surface area contributed by atoms with Crippen LogP contribution in [0.5, 0.6) is 0 Å². The van der Waals surface area contributed by atoms with Gasteiger partial charge in [0.2, 0.25) is 5.91 Å². The molecule has 1 amide bonds. The third-order valence-electron chi connectivity index (χ3n) is 5.19. The Morgan fingerprint density at radius 3 is 2.44 bits per heavy atom. The summed E-state index contributed by atoms with van der Waals surface area (Å²) in [4.78, 5) is 19.7. The Hall–Kier alpha value is -3.15. The molecule has 3 aromatic carbocycles. The Kier molecular flexibility index (Phi) is 6.88. The van der Waals surface area contributed by atoms with Gasteiger partial charge in [0, 0.05) is 10.9 Å². The molecule has 1 atom stereocenters. The second-order valence-electron chi connectivity index (χ2n) is 7.62. The van der Waals surface area contributed by atoms with Crippen molar-refractivity contribution in [3.05, 3.63) is 100 Å². The predicted octanol–water partition coefficient (Wildman–Crippen LogP) is 6.79. The summed E-state index contributed by atoms with van der Waals surface area (Å²) < 4.78 is 0. The molecule has 0 radical (unpaired) electrons. The molecule has 0 saturated heterocycles. The minimum atomic E-state index is -0.103. The highest BCUT2D eigenvalue weighted by Crippen LogP contribution is 2.35. The van der Waals surface area contributed by atoms with Crippen molar-refractivity contribution in [3.8, 4) is 11.3 Å². The van der Waals surface area contributed by atoms with Gasteiger partial charge >= 0.3 is 0 Å². The molecule has 0 aliphatic rings. The number of thiazole rings is 1. The third-order valence-corrected chi connectivity index (χ3v) is 6.38. The number of hydrogen-bond acceptors (Lipinski definition) is 4. The summed E-state index contributed by atoms with van der Waals surface area (Å²) in [7, 11) is 0. The van der Waals surface area contributed by atoms with Crippen LogP contribution in [-0.2, 0) is 4.79 Å². The Morgan fingerprint density at radius 1 is 1.03 bits per heavy atom. The van der Waals surface area contributed by atoms with Crippen molar-refractivity contribution in [2.75, 3.05) is 11.4 Å². The predicted molar refractivity (Wildman–Crippen MR) is 134 cm³/mol. The van der Waals surface area contributed by atoms with Gasteiger partial charge in [-0.15, -0.1) is 11.3 Å². The summed E-state index contributed by atoms with van der Waals surface area (Å²) in [5, 5.41) is 6.38. The molecule has 0 unspecified atom stereocenters. The Morgan fingerprint density at radius 2 is 1.72 bits per heavy atom. The van der Waals surface area contributed by atoms with Gasteiger partial charge in [0.15, 0.2) is 5.13 Å². The third kappa shape index (κ3) is 5.18. The molecule has 4 nitrogen and oxygen atoms in total. The van der Waals surface area contributed by atoms with Crippen LogP contribution in [0.4, 0.5) is 10.8 Å². The van der Waals surface area contributed by atoms with Crippen molar-refractivity contribution in [3.63, 3.8) is 0 Å². The van der Waals surface area contributed by atoms with E-state index < -0.39 is 0 Å². The molecule has 1 aromatic heterocycles. The molecule has 4 aromatic rings. The van der Waals surface area contributed by atoms with Gasteiger partial charge < -0.3 is 10.2 Å². The zero-order valence-corrected chi connectivity index (χ0v) is 19.5. The number of aromatic nitrogens is 1. The van der Waals surface area contributed by atoms with E-state index >= 15 is 0 Å². The van der Waals surface area contributed by atoms with Crippen molar-refractivity contribution in [1.29, 1.82) is 0 Å². The van der Waals surface area contributed by atoms with E-state index in [0.717, 1.165) is 27.6 Å². The number of hydrogen-bond donors (Lipinski definition) is 1. The average molecular weight is 462 g/mol. The van der Waals surface area contributed by atoms with E-state index in [4.69, 9.17) is 16.6 Å². The largest absolute Gasteiger partial charge is 0.348 e. The topological polar surface area (TPSA) is 45.2 Å². The highest BCUT2D eigenvalue weighted by molar-refractivity contribution is 7.14. The van der Waals surface area contributed by atoms with Crippen LogP contribution in [0.2, 0.25) is 5.02 Å². The summed E-state index contributed by atoms with van der Waals surface area (Å²) in [6.07, 6.45) is 0. The maximum atomic E-state index is 13.0. The maximum absolute atomic E-state index is 13.0. The minimum absolute atomic E-state index is 0.101. The zero-order chi connectivity index (χ0) is 22.5. The first-order valence-corrected chi connectivity index (χ1v) is 11.7. The number of carbonyl (C=O) groups excluding carboxylic acids is 1. The van der Waals surface area contributed by atoms with Gasteiger partial charge in [0.25, 0.3) is 0 Å². The quantitative estimate of drug-likeness (QED) is 0.329. The van der Waals surface area contributed by atoms with Gasteiger partial charge in [0.1, 0.15) is 6.54 Å². The standard InChI is InChI=1S/C26H24ClN3OS/c1-18-12-14-21(15-13-18)23-17-32-26(29-23)30(24-11-7-6-10-22(24)27)16-25(31)28-19(2)20-8-4-3-5-9-20/h3-15,17,19H,16H2,1-2H3,(H,28,31)/t19-/m1/s1. The second-order valence-corrected chi connectivity index (χ2v) is 8.86. The van der Waals surface area contributed by atoms with Crippen molar-refractivity contribution >= 4 is 39.7 Å². The van der Waals surface area contributed by atoms with E-state index in [0.29, 0.717) is 5.02 Å². The number of amides is 1. The Labute approximate surface area is 197 Å². The van der Waals surface area contributed by atoms with E-state index in [1.54, 1.807) is 0 Å². The number of nitrogens with zero attached hydrogens (tertiary/aromatic N) is 2. The molecule has 6 heteroatoms. The van der Waals surface area contributed by atoms with Crippen LogP contribution in [0.1, 0.15) is 24.1 Å². The molecule has 1 heterocycles. The van der Waals surface area contributed by atoms with E-state index in [-0.39, 0.29) is 18.5 Å². The number of carbonyl (C=O) groups is 1. The molecular weight excluding hydrogens is 438 g/mol. The Balaban J connectivity index is 1.59. The molecule has 32 heavy (non-hydrogen) atoms. The molecule has 0 aliphatic carbocycles. The van der Waals surface area contributed by atoms with Gasteiger partial charge in [-0.1, -0.05) is 83.9 Å². The smallest absolute Gasteiger partial charge is 0.240 e. The van der Waals surface area contributed by atoms with E-state index in [1.165, 1.54) is 16.9 Å². The fourth-order valence-electron chi connectivity index (χ4n) is 3.43. The number of halogens is 1. The first kappa shape index (κ1) is 22.1. The molecule has 0 fully saturated rings. The molecule has 0 aliphatic heterocycles. The number of nitrogens with one attached hydrogen (secondary N) is 1. The fourth-order valence-corrected chi connectivity index (χ4v) is 4.51. The highest BCUT2D eigenvalue weighted by atomic mass is 35.5. The van der Waals surface area contributed by atoms with Crippen LogP contribution in [0.3, 0.4) is 0 Å². The summed E-state index contributed by atoms with van der Waals surface area (Å²) in [5.41, 5.74) is 4.92. The molecule has 0 bridgehead atoms. The van der Waals surface area contributed by atoms with Gasteiger partial charge in [0.05, 0.1) is 22.4 Å². The molecular formula is C26H24ClN3OS. The van der Waals surface area contributed by atoms with Crippen molar-refractivity contribution in [2.45, 2.75) is 19.9 Å². The lowest BCUT2D eigenvalue weighted by Gasteiger charge is -2.24. The lowest BCUT2D eigenvalue weighted by atomic mass is 10.1. The fraction of sp³-hybridized carbons (Fsp3) is 0.154. The van der Waals surface area contributed by atoms with Crippen LogP contribution < -0.4 is 10.2 Å². The first-order chi connectivity index (χ1) is 15.5. The second kappa shape index (κ2) is 9.98. The van der Waals surface area contributed by atoms with Gasteiger partial charge in [-0.2, -0.15) is 0 Å². The highest BCUT2D eigenvalue weighted by Gasteiger charge is 2.21. The lowest BCUT2D eigenvalue weighted by Crippen LogP contribution is -2.36. The van der Waals surface area contributed by atoms with Gasteiger partial charge in [-0.05, 0) is 31.5 Å². The van der Waals surface area contributed by atoms with Crippen molar-refractivity contribution < 1.29 is 4.79 Å². The number of aryl methyl sites for hydroxylation is 1.